The van der Waals surface area contributed by atoms with Gasteiger partial charge in [-0.1, -0.05) is 13.8 Å². The zero-order valence-electron chi connectivity index (χ0n) is 16.1. The number of nitrogens with zero attached hydrogens (tertiary/aromatic N) is 2. The van der Waals surface area contributed by atoms with Crippen LogP contribution < -0.4 is 10.6 Å². The number of rotatable bonds is 4. The molecule has 1 heterocycles. The summed E-state index contributed by atoms with van der Waals surface area (Å²) < 4.78 is 19.9. The number of nitriles is 1. The van der Waals surface area contributed by atoms with Gasteiger partial charge in [0.1, 0.15) is 5.82 Å². The standard InChI is InChI=1S/C20H27FN4O.HI/c1-4-23-19(24-12-14-10-13(11-22)7-8-16(14)21)25-17-15-6-5-9-26-18(15)20(17,2)3;/h7-8,10,15,17-18H,4-6,9,12H2,1-3H3,(H2,23,24,25);1H. The van der Waals surface area contributed by atoms with Crippen molar-refractivity contribution in [3.8, 4) is 6.07 Å². The van der Waals surface area contributed by atoms with Gasteiger partial charge in [-0.05, 0) is 38.0 Å². The Morgan fingerprint density at radius 1 is 1.44 bits per heavy atom. The summed E-state index contributed by atoms with van der Waals surface area (Å²) >= 11 is 0. The molecule has 0 amide bonds. The Morgan fingerprint density at radius 2 is 2.22 bits per heavy atom. The number of nitrogens with one attached hydrogen (secondary N) is 2. The zero-order chi connectivity index (χ0) is 18.7. The van der Waals surface area contributed by atoms with Crippen LogP contribution >= 0.6 is 24.0 Å². The molecule has 0 bridgehead atoms. The van der Waals surface area contributed by atoms with Crippen molar-refractivity contribution in [2.75, 3.05) is 13.2 Å². The minimum absolute atomic E-state index is 0. The van der Waals surface area contributed by atoms with E-state index in [9.17, 15) is 4.39 Å². The number of aliphatic imine (C=N–C) groups is 1. The predicted molar refractivity (Wildman–Crippen MR) is 115 cm³/mol. The molecule has 2 fully saturated rings. The SMILES string of the molecule is CCNC(=NCc1cc(C#N)ccc1F)NC1C2CCCOC2C1(C)C.I. The number of fused-ring (bicyclic) bond motifs is 1. The molecule has 1 aliphatic carbocycles. The molecule has 3 rings (SSSR count). The number of ether oxygens (including phenoxy) is 1. The Labute approximate surface area is 177 Å². The highest BCUT2D eigenvalue weighted by Gasteiger charge is 2.58. The minimum atomic E-state index is -0.340. The lowest BCUT2D eigenvalue weighted by molar-refractivity contribution is -0.188. The first-order chi connectivity index (χ1) is 12.5. The van der Waals surface area contributed by atoms with Crippen LogP contribution in [0.25, 0.3) is 0 Å². The van der Waals surface area contributed by atoms with Crippen LogP contribution in [0.1, 0.15) is 44.7 Å². The van der Waals surface area contributed by atoms with Crippen molar-refractivity contribution < 1.29 is 9.13 Å². The van der Waals surface area contributed by atoms with Crippen LogP contribution in [0.3, 0.4) is 0 Å². The van der Waals surface area contributed by atoms with E-state index in [1.54, 1.807) is 6.07 Å². The Balaban J connectivity index is 0.00000261. The highest BCUT2D eigenvalue weighted by Crippen LogP contribution is 2.51. The summed E-state index contributed by atoms with van der Waals surface area (Å²) in [6, 6.07) is 6.67. The van der Waals surface area contributed by atoms with Gasteiger partial charge >= 0.3 is 0 Å². The van der Waals surface area contributed by atoms with Crippen molar-refractivity contribution in [2.24, 2.45) is 16.3 Å². The van der Waals surface area contributed by atoms with Gasteiger partial charge in [0.25, 0.3) is 0 Å². The van der Waals surface area contributed by atoms with Gasteiger partial charge in [-0.25, -0.2) is 9.38 Å². The van der Waals surface area contributed by atoms with E-state index >= 15 is 0 Å². The van der Waals surface area contributed by atoms with Crippen molar-refractivity contribution in [1.29, 1.82) is 5.26 Å². The highest BCUT2D eigenvalue weighted by molar-refractivity contribution is 14.0. The molecular formula is C20H28FIN4O. The Kier molecular flexibility index (Phi) is 7.46. The molecule has 1 aromatic rings. The third kappa shape index (κ3) is 4.54. The van der Waals surface area contributed by atoms with Crippen molar-refractivity contribution in [3.05, 3.63) is 35.1 Å². The van der Waals surface area contributed by atoms with Crippen LogP contribution in [0.15, 0.2) is 23.2 Å². The number of benzene rings is 1. The molecule has 1 saturated heterocycles. The molecule has 27 heavy (non-hydrogen) atoms. The van der Waals surface area contributed by atoms with Crippen molar-refractivity contribution in [2.45, 2.75) is 52.3 Å². The monoisotopic (exact) mass is 486 g/mol. The molecule has 7 heteroatoms. The minimum Gasteiger partial charge on any atom is -0.377 e. The molecule has 1 saturated carbocycles. The van der Waals surface area contributed by atoms with Crippen LogP contribution in [-0.2, 0) is 11.3 Å². The molecule has 3 unspecified atom stereocenters. The lowest BCUT2D eigenvalue weighted by Gasteiger charge is -2.60. The number of hydrogen-bond donors (Lipinski definition) is 2. The summed E-state index contributed by atoms with van der Waals surface area (Å²) in [6.45, 7) is 8.21. The first-order valence-electron chi connectivity index (χ1n) is 9.32. The van der Waals surface area contributed by atoms with E-state index in [0.29, 0.717) is 29.1 Å². The topological polar surface area (TPSA) is 69.4 Å². The van der Waals surface area contributed by atoms with Gasteiger partial charge in [-0.3, -0.25) is 0 Å². The summed E-state index contributed by atoms with van der Waals surface area (Å²) in [5.74, 6) is 0.825. The maximum atomic E-state index is 14.0. The third-order valence-electron chi connectivity index (χ3n) is 5.55. The van der Waals surface area contributed by atoms with Gasteiger partial charge in [0.15, 0.2) is 5.96 Å². The van der Waals surface area contributed by atoms with Gasteiger partial charge in [-0.15, -0.1) is 24.0 Å². The van der Waals surface area contributed by atoms with Crippen molar-refractivity contribution in [1.82, 2.24) is 10.6 Å². The molecule has 0 spiro atoms. The fourth-order valence-electron chi connectivity index (χ4n) is 4.21. The fraction of sp³-hybridized carbons (Fsp3) is 0.600. The van der Waals surface area contributed by atoms with Crippen LogP contribution in [0.5, 0.6) is 0 Å². The summed E-state index contributed by atoms with van der Waals surface area (Å²) in [5, 5.41) is 15.8. The molecule has 148 valence electrons. The second-order valence-electron chi connectivity index (χ2n) is 7.65. The summed E-state index contributed by atoms with van der Waals surface area (Å²) in [5.41, 5.74) is 0.901. The molecule has 5 nitrogen and oxygen atoms in total. The normalized spacial score (nSPS) is 26.0. The summed E-state index contributed by atoms with van der Waals surface area (Å²) in [6.07, 6.45) is 2.54. The van der Waals surface area contributed by atoms with Crippen molar-refractivity contribution >= 4 is 29.9 Å². The lowest BCUT2D eigenvalue weighted by Crippen LogP contribution is -2.71. The van der Waals surface area contributed by atoms with E-state index < -0.39 is 0 Å². The highest BCUT2D eigenvalue weighted by atomic mass is 127. The van der Waals surface area contributed by atoms with E-state index in [4.69, 9.17) is 10.00 Å². The van der Waals surface area contributed by atoms with Gasteiger partial charge < -0.3 is 15.4 Å². The molecule has 2 aliphatic rings. The molecule has 2 N–H and O–H groups in total. The van der Waals surface area contributed by atoms with E-state index in [-0.39, 0.29) is 47.8 Å². The molecular weight excluding hydrogens is 458 g/mol. The third-order valence-corrected chi connectivity index (χ3v) is 5.55. The van der Waals surface area contributed by atoms with E-state index in [1.807, 2.05) is 13.0 Å². The van der Waals surface area contributed by atoms with Crippen molar-refractivity contribution in [3.63, 3.8) is 0 Å². The van der Waals surface area contributed by atoms with Gasteiger partial charge in [0, 0.05) is 36.1 Å². The lowest BCUT2D eigenvalue weighted by atomic mass is 9.55. The second kappa shape index (κ2) is 9.20. The fourth-order valence-corrected chi connectivity index (χ4v) is 4.21. The van der Waals surface area contributed by atoms with Crippen LogP contribution in [0.2, 0.25) is 0 Å². The average Bonchev–Trinajstić information content (AvgIpc) is 2.65. The first-order valence-corrected chi connectivity index (χ1v) is 9.32. The number of halogens is 2. The van der Waals surface area contributed by atoms with E-state index in [0.717, 1.165) is 26.0 Å². The average molecular weight is 486 g/mol. The molecule has 1 aliphatic heterocycles. The Bertz CT molecular complexity index is 731. The maximum Gasteiger partial charge on any atom is 0.191 e. The quantitative estimate of drug-likeness (QED) is 0.388. The van der Waals surface area contributed by atoms with Gasteiger partial charge in [-0.2, -0.15) is 5.26 Å². The maximum absolute atomic E-state index is 14.0. The second-order valence-corrected chi connectivity index (χ2v) is 7.65. The zero-order valence-corrected chi connectivity index (χ0v) is 18.4. The molecule has 1 aromatic carbocycles. The van der Waals surface area contributed by atoms with E-state index in [1.165, 1.54) is 12.1 Å². The summed E-state index contributed by atoms with van der Waals surface area (Å²) in [4.78, 5) is 4.55. The van der Waals surface area contributed by atoms with Gasteiger partial charge in [0.05, 0.1) is 24.3 Å². The largest absolute Gasteiger partial charge is 0.377 e. The number of guanidine groups is 1. The Hall–Kier alpha value is -1.40. The Morgan fingerprint density at radius 3 is 2.93 bits per heavy atom. The van der Waals surface area contributed by atoms with Gasteiger partial charge in [0.2, 0.25) is 0 Å². The molecule has 0 aromatic heterocycles. The van der Waals surface area contributed by atoms with Crippen LogP contribution in [0.4, 0.5) is 4.39 Å². The first kappa shape index (κ1) is 21.9. The summed E-state index contributed by atoms with van der Waals surface area (Å²) in [7, 11) is 0. The molecule has 3 atom stereocenters. The van der Waals surface area contributed by atoms with Crippen LogP contribution in [-0.4, -0.2) is 31.3 Å². The van der Waals surface area contributed by atoms with Crippen LogP contribution in [0, 0.1) is 28.5 Å². The molecule has 0 radical (unpaired) electrons. The predicted octanol–water partition coefficient (Wildman–Crippen LogP) is 3.57. The van der Waals surface area contributed by atoms with E-state index in [2.05, 4.69) is 29.5 Å². The smallest absolute Gasteiger partial charge is 0.191 e. The number of hydrogen-bond acceptors (Lipinski definition) is 3.